The molecule has 2 atom stereocenters. The van der Waals surface area contributed by atoms with Crippen LogP contribution in [-0.4, -0.2) is 95.2 Å². The number of nitrogens with one attached hydrogen (secondary N) is 2. The van der Waals surface area contributed by atoms with E-state index in [4.69, 9.17) is 15.0 Å². The lowest BCUT2D eigenvalue weighted by Crippen LogP contribution is -2.86. The number of piperidine rings is 1. The molecule has 3 amide bonds. The minimum atomic E-state index is -5.19. The summed E-state index contributed by atoms with van der Waals surface area (Å²) < 4.78 is 31.5. The molecule has 40 heavy (non-hydrogen) atoms. The van der Waals surface area contributed by atoms with Gasteiger partial charge >= 0.3 is 18.1 Å². The van der Waals surface area contributed by atoms with Crippen molar-refractivity contribution in [3.63, 3.8) is 0 Å². The van der Waals surface area contributed by atoms with Crippen molar-refractivity contribution in [1.82, 2.24) is 15.5 Å². The monoisotopic (exact) mass is 584 g/mol. The van der Waals surface area contributed by atoms with Crippen molar-refractivity contribution >= 4 is 35.6 Å². The summed E-state index contributed by atoms with van der Waals surface area (Å²) in [6.45, 7) is 7.18. The third kappa shape index (κ3) is 15.2. The highest BCUT2D eigenvalue weighted by Gasteiger charge is 2.31. The number of carbonyl (C=O) groups excluding carboxylic acids is 4. The first-order chi connectivity index (χ1) is 18.5. The quantitative estimate of drug-likeness (QED) is 0.160. The Morgan fingerprint density at radius 1 is 1.05 bits per heavy atom. The number of likely N-dealkylation sites (N-methyl/N-ethyl adjacent to an activating group) is 1. The van der Waals surface area contributed by atoms with E-state index >= 15 is 0 Å². The Morgan fingerprint density at radius 2 is 1.60 bits per heavy atom. The molecule has 13 nitrogen and oxygen atoms in total. The minimum Gasteiger partial charge on any atom is -0.542 e. The summed E-state index contributed by atoms with van der Waals surface area (Å²) in [5.41, 5.74) is 0. The van der Waals surface area contributed by atoms with Gasteiger partial charge in [-0.15, -0.1) is 0 Å². The third-order valence-corrected chi connectivity index (χ3v) is 6.12. The largest absolute Gasteiger partial charge is 0.542 e. The molecule has 0 unspecified atom stereocenters. The van der Waals surface area contributed by atoms with Crippen molar-refractivity contribution < 1.29 is 62.6 Å². The van der Waals surface area contributed by atoms with E-state index in [1.165, 1.54) is 4.90 Å². The molecule has 0 aromatic rings. The normalized spacial score (nSPS) is 15.2. The number of hydrogen-bond acceptors (Lipinski definition) is 7. The number of alkyl halides is 3. The van der Waals surface area contributed by atoms with E-state index in [0.29, 0.717) is 18.9 Å². The Bertz CT molecular complexity index is 878. The number of carbonyl (C=O) groups is 6. The van der Waals surface area contributed by atoms with Gasteiger partial charge in [-0.05, 0) is 44.4 Å². The van der Waals surface area contributed by atoms with Crippen LogP contribution >= 0.6 is 0 Å². The molecule has 6 N–H and O–H groups in total. The van der Waals surface area contributed by atoms with Gasteiger partial charge in [-0.1, -0.05) is 13.8 Å². The second-order valence-electron chi connectivity index (χ2n) is 9.68. The predicted octanol–water partition coefficient (Wildman–Crippen LogP) is -1.54. The maximum absolute atomic E-state index is 12.5. The van der Waals surface area contributed by atoms with Gasteiger partial charge < -0.3 is 41.0 Å². The molecule has 0 spiro atoms. The summed E-state index contributed by atoms with van der Waals surface area (Å²) in [7, 11) is 0. The molecule has 1 aliphatic heterocycles. The van der Waals surface area contributed by atoms with E-state index in [1.54, 1.807) is 20.8 Å². The van der Waals surface area contributed by atoms with Gasteiger partial charge in [0.15, 0.2) is 0 Å². The molecule has 0 aromatic carbocycles. The first-order valence-corrected chi connectivity index (χ1v) is 12.9. The van der Waals surface area contributed by atoms with Crippen LogP contribution in [-0.2, 0) is 28.8 Å². The molecular weight excluding hydrogens is 545 g/mol. The SMILES string of the molecule is CCN(CC(=O)N[C@@H](CC(=O)O)C(=O)N[C@H](C(=O)O)C(C)C)C(=O)CCCC1CC[NH2+]CC1.O=C([O-])C(F)(F)F. The summed E-state index contributed by atoms with van der Waals surface area (Å²) in [6, 6.07) is -2.67. The second kappa shape index (κ2) is 18.0. The van der Waals surface area contributed by atoms with E-state index in [2.05, 4.69) is 16.0 Å². The van der Waals surface area contributed by atoms with Crippen LogP contribution in [0.2, 0.25) is 0 Å². The van der Waals surface area contributed by atoms with E-state index in [0.717, 1.165) is 38.8 Å². The molecule has 0 aromatic heterocycles. The molecular formula is C24H39F3N4O9. The summed E-state index contributed by atoms with van der Waals surface area (Å²) in [5.74, 6) is -7.13. The fourth-order valence-corrected chi connectivity index (χ4v) is 3.93. The molecule has 230 valence electrons. The number of carboxylic acids is 3. The van der Waals surface area contributed by atoms with Gasteiger partial charge in [0.1, 0.15) is 18.1 Å². The summed E-state index contributed by atoms with van der Waals surface area (Å²) in [6.07, 6.45) is -1.54. The lowest BCUT2D eigenvalue weighted by molar-refractivity contribution is -0.664. The van der Waals surface area contributed by atoms with E-state index < -0.39 is 60.3 Å². The van der Waals surface area contributed by atoms with Crippen LogP contribution in [0.3, 0.4) is 0 Å². The molecule has 1 fully saturated rings. The molecule has 1 rings (SSSR count). The van der Waals surface area contributed by atoms with Crippen LogP contribution in [0.15, 0.2) is 0 Å². The first-order valence-electron chi connectivity index (χ1n) is 12.9. The number of hydrogen-bond donors (Lipinski definition) is 5. The zero-order valence-corrected chi connectivity index (χ0v) is 22.8. The van der Waals surface area contributed by atoms with E-state index in [9.17, 15) is 42.3 Å². The lowest BCUT2D eigenvalue weighted by atomic mass is 9.92. The number of carboxylic acid groups (broad SMARTS) is 3. The summed E-state index contributed by atoms with van der Waals surface area (Å²) >= 11 is 0. The highest BCUT2D eigenvalue weighted by molar-refractivity contribution is 5.94. The van der Waals surface area contributed by atoms with Gasteiger partial charge in [0.25, 0.3) is 0 Å². The van der Waals surface area contributed by atoms with Crippen LogP contribution < -0.4 is 21.1 Å². The van der Waals surface area contributed by atoms with Crippen molar-refractivity contribution in [2.75, 3.05) is 26.2 Å². The Kier molecular flexibility index (Phi) is 16.5. The number of rotatable bonds is 14. The topological polar surface area (TPSA) is 210 Å². The number of aliphatic carboxylic acids is 3. The van der Waals surface area contributed by atoms with Gasteiger partial charge in [-0.25, -0.2) is 4.79 Å². The second-order valence-corrected chi connectivity index (χ2v) is 9.68. The molecule has 0 aliphatic carbocycles. The van der Waals surface area contributed by atoms with Crippen LogP contribution in [0.1, 0.15) is 59.3 Å². The number of nitrogens with two attached hydrogens (primary N) is 1. The van der Waals surface area contributed by atoms with E-state index in [1.807, 2.05) is 0 Å². The average Bonchev–Trinajstić information content (AvgIpc) is 2.84. The fourth-order valence-electron chi connectivity index (χ4n) is 3.93. The molecule has 1 saturated heterocycles. The molecule has 0 radical (unpaired) electrons. The van der Waals surface area contributed by atoms with Crippen LogP contribution in [0.4, 0.5) is 13.2 Å². The number of nitrogens with zero attached hydrogens (tertiary/aromatic N) is 1. The molecule has 1 heterocycles. The van der Waals surface area contributed by atoms with E-state index in [-0.39, 0.29) is 12.5 Å². The minimum absolute atomic E-state index is 0.167. The zero-order valence-electron chi connectivity index (χ0n) is 22.8. The number of halogens is 3. The molecule has 1 aliphatic rings. The Morgan fingerprint density at radius 3 is 2.02 bits per heavy atom. The van der Waals surface area contributed by atoms with Gasteiger partial charge in [-0.2, -0.15) is 13.2 Å². The number of quaternary nitrogens is 1. The van der Waals surface area contributed by atoms with Gasteiger partial charge in [0.2, 0.25) is 17.7 Å². The Hall–Kier alpha value is -3.43. The number of amides is 3. The molecule has 16 heteroatoms. The van der Waals surface area contributed by atoms with Gasteiger partial charge in [-0.3, -0.25) is 19.2 Å². The average molecular weight is 585 g/mol. The van der Waals surface area contributed by atoms with Crippen molar-refractivity contribution in [3.8, 4) is 0 Å². The van der Waals surface area contributed by atoms with Gasteiger partial charge in [0, 0.05) is 13.0 Å². The first kappa shape index (κ1) is 36.6. The summed E-state index contributed by atoms with van der Waals surface area (Å²) in [5, 5.41) is 34.0. The van der Waals surface area contributed by atoms with Crippen LogP contribution in [0.25, 0.3) is 0 Å². The smallest absolute Gasteiger partial charge is 0.430 e. The standard InChI is InChI=1S/C22H38N4O7.C2HF3O2/c1-4-26(18(28)7-5-6-15-8-10-23-11-9-15)13-17(27)24-16(12-19(29)30)21(31)25-20(14(2)3)22(32)33;3-2(4,5)1(6)7/h14-16,20,23H,4-13H2,1-3H3,(H,24,27)(H,25,31)(H,29,30)(H,32,33);(H,6,7)/t16-,20-;/m0./s1. The van der Waals surface area contributed by atoms with Crippen molar-refractivity contribution in [2.45, 2.75) is 77.6 Å². The zero-order chi connectivity index (χ0) is 31.0. The van der Waals surface area contributed by atoms with Crippen molar-refractivity contribution in [3.05, 3.63) is 0 Å². The maximum Gasteiger partial charge on any atom is 0.430 e. The van der Waals surface area contributed by atoms with Crippen molar-refractivity contribution in [1.29, 1.82) is 0 Å². The fraction of sp³-hybridized carbons (Fsp3) is 0.750. The highest BCUT2D eigenvalue weighted by Crippen LogP contribution is 2.17. The maximum atomic E-state index is 12.5. The Labute approximate surface area is 229 Å². The molecule has 0 saturated carbocycles. The predicted molar refractivity (Wildman–Crippen MR) is 130 cm³/mol. The van der Waals surface area contributed by atoms with Crippen LogP contribution in [0, 0.1) is 11.8 Å². The third-order valence-electron chi connectivity index (χ3n) is 6.12. The van der Waals surface area contributed by atoms with Gasteiger partial charge in [0.05, 0.1) is 26.1 Å². The van der Waals surface area contributed by atoms with Crippen LogP contribution in [0.5, 0.6) is 0 Å². The highest BCUT2D eigenvalue weighted by atomic mass is 19.4. The Balaban J connectivity index is 0.00000191. The molecule has 0 bridgehead atoms. The lowest BCUT2D eigenvalue weighted by Gasteiger charge is -2.25. The van der Waals surface area contributed by atoms with Crippen molar-refractivity contribution in [2.24, 2.45) is 11.8 Å². The summed E-state index contributed by atoms with van der Waals surface area (Å²) in [4.78, 5) is 70.2.